The van der Waals surface area contributed by atoms with Crippen molar-refractivity contribution < 1.29 is 14.3 Å². The molecule has 9 heteroatoms. The normalized spacial score (nSPS) is 19.1. The maximum absolute atomic E-state index is 12.2. The van der Waals surface area contributed by atoms with Gasteiger partial charge in [0, 0.05) is 32.8 Å². The lowest BCUT2D eigenvalue weighted by Crippen LogP contribution is -2.55. The monoisotopic (exact) mass is 326 g/mol. The van der Waals surface area contributed by atoms with E-state index in [1.54, 1.807) is 16.7 Å². The zero-order valence-electron chi connectivity index (χ0n) is 14.5. The standard InChI is InChI=1S/C14H26N6O3/c1-11-10-18(12-15-16-17-20(12)8-9-22-5)6-7-19(11)13(21)23-14(2,3)4/h11H,6-10H2,1-5H3. The minimum Gasteiger partial charge on any atom is -0.444 e. The molecule has 0 aromatic carbocycles. The quantitative estimate of drug-likeness (QED) is 0.807. The van der Waals surface area contributed by atoms with Gasteiger partial charge >= 0.3 is 6.09 Å². The van der Waals surface area contributed by atoms with Crippen LogP contribution in [0.4, 0.5) is 10.7 Å². The summed E-state index contributed by atoms with van der Waals surface area (Å²) in [6.45, 7) is 10.7. The maximum atomic E-state index is 12.2. The highest BCUT2D eigenvalue weighted by molar-refractivity contribution is 5.69. The first-order valence-electron chi connectivity index (χ1n) is 7.81. The van der Waals surface area contributed by atoms with Crippen molar-refractivity contribution in [3.63, 3.8) is 0 Å². The molecule has 2 heterocycles. The summed E-state index contributed by atoms with van der Waals surface area (Å²) in [6.07, 6.45) is -0.274. The van der Waals surface area contributed by atoms with Crippen LogP contribution < -0.4 is 4.90 Å². The lowest BCUT2D eigenvalue weighted by molar-refractivity contribution is 0.0158. The first-order chi connectivity index (χ1) is 10.8. The second kappa shape index (κ2) is 7.12. The summed E-state index contributed by atoms with van der Waals surface area (Å²) in [5.74, 6) is 0.706. The summed E-state index contributed by atoms with van der Waals surface area (Å²) in [5, 5.41) is 11.8. The van der Waals surface area contributed by atoms with Crippen LogP contribution in [0.25, 0.3) is 0 Å². The summed E-state index contributed by atoms with van der Waals surface area (Å²) in [6, 6.07) is 0.0196. The van der Waals surface area contributed by atoms with E-state index in [4.69, 9.17) is 9.47 Å². The van der Waals surface area contributed by atoms with E-state index in [1.165, 1.54) is 0 Å². The van der Waals surface area contributed by atoms with Gasteiger partial charge in [-0.15, -0.1) is 0 Å². The Hall–Kier alpha value is -1.90. The lowest BCUT2D eigenvalue weighted by atomic mass is 10.2. The summed E-state index contributed by atoms with van der Waals surface area (Å²) < 4.78 is 12.2. The van der Waals surface area contributed by atoms with Crippen LogP contribution in [0.5, 0.6) is 0 Å². The van der Waals surface area contributed by atoms with Gasteiger partial charge < -0.3 is 19.3 Å². The van der Waals surface area contributed by atoms with E-state index in [0.29, 0.717) is 38.7 Å². The number of tetrazole rings is 1. The number of carbonyl (C=O) groups is 1. The minimum absolute atomic E-state index is 0.0196. The number of amides is 1. The van der Waals surface area contributed by atoms with Crippen molar-refractivity contribution in [3.05, 3.63) is 0 Å². The second-order valence-electron chi connectivity index (χ2n) is 6.66. The van der Waals surface area contributed by atoms with Gasteiger partial charge in [0.25, 0.3) is 0 Å². The molecule has 23 heavy (non-hydrogen) atoms. The zero-order valence-corrected chi connectivity index (χ0v) is 14.5. The van der Waals surface area contributed by atoms with Gasteiger partial charge in [0.1, 0.15) is 5.60 Å². The Bertz CT molecular complexity index is 527. The zero-order chi connectivity index (χ0) is 17.0. The van der Waals surface area contributed by atoms with Crippen LogP contribution in [0.2, 0.25) is 0 Å². The van der Waals surface area contributed by atoms with Gasteiger partial charge in [-0.3, -0.25) is 0 Å². The highest BCUT2D eigenvalue weighted by atomic mass is 16.6. The van der Waals surface area contributed by atoms with Crippen molar-refractivity contribution in [2.75, 3.05) is 38.3 Å². The number of hydrogen-bond acceptors (Lipinski definition) is 7. The van der Waals surface area contributed by atoms with E-state index in [-0.39, 0.29) is 12.1 Å². The summed E-state index contributed by atoms with van der Waals surface area (Å²) >= 11 is 0. The van der Waals surface area contributed by atoms with Gasteiger partial charge in [-0.05, 0) is 38.1 Å². The molecule has 1 unspecified atom stereocenters. The van der Waals surface area contributed by atoms with Crippen LogP contribution in [-0.4, -0.2) is 76.2 Å². The SMILES string of the molecule is COCCn1nnnc1N1CCN(C(=O)OC(C)(C)C)C(C)C1. The van der Waals surface area contributed by atoms with Crippen molar-refractivity contribution in [2.45, 2.75) is 45.9 Å². The largest absolute Gasteiger partial charge is 0.444 e. The Morgan fingerprint density at radius 3 is 2.70 bits per heavy atom. The molecule has 0 saturated carbocycles. The molecule has 0 bridgehead atoms. The molecule has 1 aliphatic rings. The molecule has 1 atom stereocenters. The summed E-state index contributed by atoms with van der Waals surface area (Å²) in [5.41, 5.74) is -0.488. The fourth-order valence-electron chi connectivity index (χ4n) is 2.48. The fourth-order valence-corrected chi connectivity index (χ4v) is 2.48. The summed E-state index contributed by atoms with van der Waals surface area (Å²) in [4.78, 5) is 16.1. The molecule has 0 spiro atoms. The number of carbonyl (C=O) groups excluding carboxylic acids is 1. The lowest BCUT2D eigenvalue weighted by Gasteiger charge is -2.40. The molecule has 1 aliphatic heterocycles. The van der Waals surface area contributed by atoms with Crippen molar-refractivity contribution >= 4 is 12.0 Å². The minimum atomic E-state index is -0.488. The van der Waals surface area contributed by atoms with Crippen molar-refractivity contribution in [1.82, 2.24) is 25.1 Å². The molecule has 1 fully saturated rings. The molecule has 0 N–H and O–H groups in total. The number of hydrogen-bond donors (Lipinski definition) is 0. The van der Waals surface area contributed by atoms with Crippen LogP contribution in [0.15, 0.2) is 0 Å². The molecule has 2 rings (SSSR count). The Kier molecular flexibility index (Phi) is 5.40. The van der Waals surface area contributed by atoms with Crippen LogP contribution in [0.1, 0.15) is 27.7 Å². The van der Waals surface area contributed by atoms with Crippen molar-refractivity contribution in [2.24, 2.45) is 0 Å². The number of ether oxygens (including phenoxy) is 2. The van der Waals surface area contributed by atoms with Crippen molar-refractivity contribution in [1.29, 1.82) is 0 Å². The van der Waals surface area contributed by atoms with Crippen LogP contribution in [-0.2, 0) is 16.0 Å². The van der Waals surface area contributed by atoms with Gasteiger partial charge in [0.2, 0.25) is 5.95 Å². The first-order valence-corrected chi connectivity index (χ1v) is 7.81. The number of rotatable bonds is 4. The predicted octanol–water partition coefficient (Wildman–Crippen LogP) is 0.765. The smallest absolute Gasteiger partial charge is 0.410 e. The van der Waals surface area contributed by atoms with E-state index in [2.05, 4.69) is 20.4 Å². The third-order valence-corrected chi connectivity index (χ3v) is 3.56. The van der Waals surface area contributed by atoms with Crippen LogP contribution in [0, 0.1) is 0 Å². The van der Waals surface area contributed by atoms with Gasteiger partial charge in [-0.2, -0.15) is 0 Å². The van der Waals surface area contributed by atoms with Gasteiger partial charge in [-0.25, -0.2) is 9.48 Å². The van der Waals surface area contributed by atoms with E-state index >= 15 is 0 Å². The van der Waals surface area contributed by atoms with Gasteiger partial charge in [0.05, 0.1) is 13.2 Å². The molecule has 1 aromatic rings. The highest BCUT2D eigenvalue weighted by Crippen LogP contribution is 2.19. The van der Waals surface area contributed by atoms with Gasteiger partial charge in [-0.1, -0.05) is 5.10 Å². The number of piperazine rings is 1. The number of methoxy groups -OCH3 is 1. The molecule has 0 radical (unpaired) electrons. The third kappa shape index (κ3) is 4.54. The Morgan fingerprint density at radius 2 is 2.09 bits per heavy atom. The first kappa shape index (κ1) is 17.5. The number of aromatic nitrogens is 4. The topological polar surface area (TPSA) is 85.6 Å². The van der Waals surface area contributed by atoms with E-state index < -0.39 is 5.60 Å². The molecule has 130 valence electrons. The Labute approximate surface area is 136 Å². The van der Waals surface area contributed by atoms with Gasteiger partial charge in [0.15, 0.2) is 0 Å². The fraction of sp³-hybridized carbons (Fsp3) is 0.857. The average molecular weight is 326 g/mol. The second-order valence-corrected chi connectivity index (χ2v) is 6.66. The Balaban J connectivity index is 1.98. The number of anilines is 1. The van der Waals surface area contributed by atoms with Crippen molar-refractivity contribution in [3.8, 4) is 0 Å². The molecule has 1 saturated heterocycles. The predicted molar refractivity (Wildman–Crippen MR) is 84.3 cm³/mol. The molecule has 9 nitrogen and oxygen atoms in total. The molecule has 0 aliphatic carbocycles. The highest BCUT2D eigenvalue weighted by Gasteiger charge is 2.32. The van der Waals surface area contributed by atoms with E-state index in [0.717, 1.165) is 0 Å². The molecule has 1 aromatic heterocycles. The Morgan fingerprint density at radius 1 is 1.35 bits per heavy atom. The van der Waals surface area contributed by atoms with Crippen LogP contribution >= 0.6 is 0 Å². The van der Waals surface area contributed by atoms with E-state index in [9.17, 15) is 4.79 Å². The molecular weight excluding hydrogens is 300 g/mol. The van der Waals surface area contributed by atoms with E-state index in [1.807, 2.05) is 27.7 Å². The third-order valence-electron chi connectivity index (χ3n) is 3.56. The molecule has 1 amide bonds. The summed E-state index contributed by atoms with van der Waals surface area (Å²) in [7, 11) is 1.64. The average Bonchev–Trinajstić information content (AvgIpc) is 2.91. The molecular formula is C14H26N6O3. The van der Waals surface area contributed by atoms with Crippen LogP contribution in [0.3, 0.4) is 0 Å². The maximum Gasteiger partial charge on any atom is 0.410 e. The number of nitrogens with zero attached hydrogens (tertiary/aromatic N) is 6.